The van der Waals surface area contributed by atoms with Crippen molar-refractivity contribution >= 4 is 17.2 Å². The van der Waals surface area contributed by atoms with Gasteiger partial charge in [0, 0.05) is 44.4 Å². The van der Waals surface area contributed by atoms with Crippen LogP contribution in [0.1, 0.15) is 61.4 Å². The second-order valence-electron chi connectivity index (χ2n) is 17.7. The molecule has 0 radical (unpaired) electrons. The van der Waals surface area contributed by atoms with Crippen LogP contribution in [0.3, 0.4) is 0 Å². The third kappa shape index (κ3) is 9.51. The minimum atomic E-state index is -0.214. The fraction of sp³-hybridized carbons (Fsp3) is 0.133. The molecule has 2 aromatic heterocycles. The fourth-order valence-electron chi connectivity index (χ4n) is 8.66. The molecule has 2 heterocycles. The van der Waals surface area contributed by atoms with Crippen LogP contribution in [-0.2, 0) is 26.5 Å². The first-order chi connectivity index (χ1) is 31.0. The average Bonchev–Trinajstić information content (AvgIpc) is 3.33. The summed E-state index contributed by atoms with van der Waals surface area (Å²) in [5, 5.41) is 12.0. The van der Waals surface area contributed by atoms with Crippen LogP contribution in [0.15, 0.2) is 194 Å². The topological polar surface area (TPSA) is 49.2 Å². The molecule has 1 unspecified atom stereocenters. The van der Waals surface area contributed by atoms with Crippen LogP contribution < -0.4 is 4.90 Å². The summed E-state index contributed by atoms with van der Waals surface area (Å²) >= 11 is 0. The Morgan fingerprint density at radius 2 is 1.14 bits per heavy atom. The first kappa shape index (κ1) is 44.7. The molecule has 5 heteroatoms. The molecule has 0 aliphatic carbocycles. The summed E-state index contributed by atoms with van der Waals surface area (Å²) in [4.78, 5) is 12.6. The molecule has 0 bridgehead atoms. The Morgan fingerprint density at radius 3 is 1.78 bits per heavy atom. The van der Waals surface area contributed by atoms with E-state index in [1.165, 1.54) is 11.1 Å². The maximum absolute atomic E-state index is 12.0. The second-order valence-corrected chi connectivity index (χ2v) is 17.7. The Hall–Kier alpha value is -6.87. The van der Waals surface area contributed by atoms with Gasteiger partial charge >= 0.3 is 0 Å². The van der Waals surface area contributed by atoms with E-state index in [-0.39, 0.29) is 38.1 Å². The zero-order valence-corrected chi connectivity index (χ0v) is 39.9. The van der Waals surface area contributed by atoms with Crippen molar-refractivity contribution in [1.29, 1.82) is 0 Å². The predicted molar refractivity (Wildman–Crippen MR) is 267 cm³/mol. The largest absolute Gasteiger partial charge is 0.507 e. The Morgan fingerprint density at radius 1 is 0.569 bits per heavy atom. The molecular weight excluding hydrogens is 974 g/mol. The molecule has 0 saturated heterocycles. The first-order valence-electron chi connectivity index (χ1n) is 22.0. The number of aromatic nitrogens is 2. The molecule has 0 spiro atoms. The van der Waals surface area contributed by atoms with Crippen molar-refractivity contribution in [3.63, 3.8) is 0 Å². The van der Waals surface area contributed by atoms with Crippen LogP contribution in [0.4, 0.5) is 17.2 Å². The Bertz CT molecular complexity index is 3060. The molecule has 4 nitrogen and oxygen atoms in total. The van der Waals surface area contributed by atoms with E-state index in [1.54, 1.807) is 0 Å². The molecule has 9 rings (SSSR count). The van der Waals surface area contributed by atoms with Gasteiger partial charge in [0.2, 0.25) is 0 Å². The number of nitrogens with zero attached hydrogens (tertiary/aromatic N) is 3. The van der Waals surface area contributed by atoms with Gasteiger partial charge in [-0.2, -0.15) is 0 Å². The zero-order chi connectivity index (χ0) is 44.4. The Labute approximate surface area is 398 Å². The molecule has 324 valence electrons. The van der Waals surface area contributed by atoms with Gasteiger partial charge in [-0.1, -0.05) is 167 Å². The summed E-state index contributed by atoms with van der Waals surface area (Å²) in [6, 6.07) is 69.4. The summed E-state index contributed by atoms with van der Waals surface area (Å²) in [5.41, 5.74) is 16.5. The molecule has 0 amide bonds. The number of phenols is 1. The summed E-state index contributed by atoms with van der Waals surface area (Å²) in [6.07, 6.45) is 1.90. The normalized spacial score (nSPS) is 11.7. The van der Waals surface area contributed by atoms with Gasteiger partial charge in [0.25, 0.3) is 0 Å². The molecular formula is C60H52N3OPt-. The van der Waals surface area contributed by atoms with Crippen molar-refractivity contribution < 1.29 is 26.2 Å². The smallest absolute Gasteiger partial charge is 0.136 e. The van der Waals surface area contributed by atoms with Crippen LogP contribution in [0, 0.1) is 19.9 Å². The number of hydrogen-bond acceptors (Lipinski definition) is 4. The van der Waals surface area contributed by atoms with Gasteiger partial charge in [0.1, 0.15) is 11.6 Å². The predicted octanol–water partition coefficient (Wildman–Crippen LogP) is 15.9. The van der Waals surface area contributed by atoms with Gasteiger partial charge < -0.3 is 10.0 Å². The van der Waals surface area contributed by atoms with Crippen molar-refractivity contribution in [3.8, 4) is 61.6 Å². The summed E-state index contributed by atoms with van der Waals surface area (Å²) in [5.74, 6) is 1.29. The SMILES string of the molecule is Cc1cc(-c2cc(-c3ccccc3)cc(-c3[c-]c(N(c4ccccc4)c4cc(-c5ccc(C(C)c6ccccc6)cc5)ccn4)cc(C(C)(C)C)c3)n2)c(O)c(C)c1-c1ccccc1.[Pt]. The van der Waals surface area contributed by atoms with Gasteiger partial charge in [-0.05, 0) is 123 Å². The first-order valence-corrected chi connectivity index (χ1v) is 22.0. The summed E-state index contributed by atoms with van der Waals surface area (Å²) < 4.78 is 0. The van der Waals surface area contributed by atoms with E-state index in [9.17, 15) is 5.11 Å². The average molecular weight is 1030 g/mol. The van der Waals surface area contributed by atoms with Gasteiger partial charge in [0.05, 0.1) is 5.69 Å². The molecule has 1 N–H and O–H groups in total. The van der Waals surface area contributed by atoms with Crippen molar-refractivity contribution in [3.05, 3.63) is 228 Å². The van der Waals surface area contributed by atoms with Gasteiger partial charge in [-0.15, -0.1) is 29.3 Å². The summed E-state index contributed by atoms with van der Waals surface area (Å²) in [7, 11) is 0. The molecule has 0 aliphatic heterocycles. The van der Waals surface area contributed by atoms with Crippen molar-refractivity contribution in [2.24, 2.45) is 0 Å². The minimum absolute atomic E-state index is 0. The van der Waals surface area contributed by atoms with Gasteiger partial charge in [-0.25, -0.2) is 4.98 Å². The second kappa shape index (κ2) is 19.1. The van der Waals surface area contributed by atoms with E-state index in [1.807, 2.05) is 43.5 Å². The van der Waals surface area contributed by atoms with Crippen LogP contribution in [0.5, 0.6) is 5.75 Å². The van der Waals surface area contributed by atoms with Crippen molar-refractivity contribution in [1.82, 2.24) is 9.97 Å². The number of anilines is 3. The number of pyridine rings is 2. The minimum Gasteiger partial charge on any atom is -0.507 e. The molecule has 65 heavy (non-hydrogen) atoms. The van der Waals surface area contributed by atoms with E-state index in [0.717, 1.165) is 78.5 Å². The number of hydrogen-bond donors (Lipinski definition) is 1. The van der Waals surface area contributed by atoms with E-state index in [4.69, 9.17) is 9.97 Å². The third-order valence-electron chi connectivity index (χ3n) is 12.3. The third-order valence-corrected chi connectivity index (χ3v) is 12.3. The van der Waals surface area contributed by atoms with Crippen molar-refractivity contribution in [2.45, 2.75) is 52.9 Å². The molecule has 0 fully saturated rings. The zero-order valence-electron chi connectivity index (χ0n) is 37.7. The van der Waals surface area contributed by atoms with Crippen LogP contribution in [0.25, 0.3) is 55.9 Å². The number of aryl methyl sites for hydroxylation is 1. The molecule has 0 aliphatic rings. The van der Waals surface area contributed by atoms with E-state index >= 15 is 0 Å². The van der Waals surface area contributed by atoms with Crippen LogP contribution in [0.2, 0.25) is 0 Å². The Balaban J connectivity index is 0.00000576. The Kier molecular flexibility index (Phi) is 13.1. The van der Waals surface area contributed by atoms with E-state index in [2.05, 4.69) is 203 Å². The molecule has 9 aromatic rings. The number of rotatable bonds is 10. The molecule has 1 atom stereocenters. The molecule has 7 aromatic carbocycles. The van der Waals surface area contributed by atoms with Gasteiger partial charge in [-0.3, -0.25) is 4.98 Å². The quantitative estimate of drug-likeness (QED) is 0.139. The maximum atomic E-state index is 12.0. The van der Waals surface area contributed by atoms with E-state index in [0.29, 0.717) is 11.3 Å². The number of aromatic hydroxyl groups is 1. The van der Waals surface area contributed by atoms with Crippen LogP contribution >= 0.6 is 0 Å². The summed E-state index contributed by atoms with van der Waals surface area (Å²) in [6.45, 7) is 13.1. The van der Waals surface area contributed by atoms with Crippen LogP contribution in [-0.4, -0.2) is 15.1 Å². The molecule has 0 saturated carbocycles. The maximum Gasteiger partial charge on any atom is 0.136 e. The standard InChI is InChI=1S/C60H52N3O.Pt/c1-40-33-54(59(64)42(3)58(40)47-23-15-9-16-24-47)56-37-49(45-21-13-8-14-22-45)36-55(62-56)50-34-51(60(4,5)6)39-53(35-50)63(52-25-17-10-18-26-52)57-38-48(31-32-61-57)46-29-27-44(28-30-46)41(2)43-19-11-7-12-20-43;/h7-34,36-39,41,64H,1-6H3;/q-1;. The number of benzene rings is 7. The van der Waals surface area contributed by atoms with E-state index < -0.39 is 0 Å². The monoisotopic (exact) mass is 1030 g/mol. The number of para-hydroxylation sites is 1. The number of phenolic OH excluding ortho intramolecular Hbond substituents is 1. The fourth-order valence-corrected chi connectivity index (χ4v) is 8.66. The van der Waals surface area contributed by atoms with Crippen molar-refractivity contribution in [2.75, 3.05) is 4.90 Å². The van der Waals surface area contributed by atoms with Gasteiger partial charge in [0.15, 0.2) is 0 Å².